The van der Waals surface area contributed by atoms with Crippen molar-refractivity contribution >= 4 is 37.5 Å². The smallest absolute Gasteiger partial charge is 0.299 e. The van der Waals surface area contributed by atoms with Gasteiger partial charge in [-0.3, -0.25) is 4.79 Å². The zero-order valence-electron chi connectivity index (χ0n) is 18.9. The largest absolute Gasteiger partial charge is 0.505 e. The van der Waals surface area contributed by atoms with E-state index < -0.39 is 53.5 Å². The minimum atomic E-state index is -4.74. The van der Waals surface area contributed by atoms with E-state index in [2.05, 4.69) is 15.0 Å². The van der Waals surface area contributed by atoms with Crippen LogP contribution in [0.25, 0.3) is 0 Å². The monoisotopic (exact) mass is 511 g/mol. The Balaban J connectivity index is 2.10. The fraction of sp³-hybridized carbons (Fsp3) is 0.300. The van der Waals surface area contributed by atoms with Crippen LogP contribution in [0.1, 0.15) is 41.3 Å². The van der Waals surface area contributed by atoms with Crippen molar-refractivity contribution in [3.63, 3.8) is 0 Å². The quantitative estimate of drug-likeness (QED) is 0.398. The summed E-state index contributed by atoms with van der Waals surface area (Å²) in [5.74, 6) is -0.352. The average Bonchev–Trinajstić information content (AvgIpc) is 3.26. The number of carbonyl (C=O) groups is 1. The maximum atomic E-state index is 12.6. The highest BCUT2D eigenvalue weighted by Gasteiger charge is 2.41. The zero-order valence-corrected chi connectivity index (χ0v) is 20.5. The van der Waals surface area contributed by atoms with Crippen molar-refractivity contribution in [2.75, 3.05) is 19.4 Å². The predicted molar refractivity (Wildman–Crippen MR) is 126 cm³/mol. The van der Waals surface area contributed by atoms with Crippen LogP contribution < -0.4 is 15.8 Å². The van der Waals surface area contributed by atoms with Crippen LogP contribution in [0.5, 0.6) is 5.75 Å². The molecule has 0 unspecified atom stereocenters. The molecule has 5 N–H and O–H groups in total. The number of anilines is 1. The second kappa shape index (κ2) is 9.12. The summed E-state index contributed by atoms with van der Waals surface area (Å²) >= 11 is 0. The number of aromatic hydroxyl groups is 1. The number of rotatable bonds is 7. The van der Waals surface area contributed by atoms with Crippen LogP contribution in [0.15, 0.2) is 49.1 Å². The number of primary sulfonamides is 1. The van der Waals surface area contributed by atoms with Crippen molar-refractivity contribution in [2.24, 2.45) is 9.54 Å². The predicted octanol–water partition coefficient (Wildman–Crippen LogP) is 1.35. The lowest BCUT2D eigenvalue weighted by atomic mass is 10.1. The minimum Gasteiger partial charge on any atom is -0.505 e. The van der Waals surface area contributed by atoms with Crippen molar-refractivity contribution in [3.8, 4) is 5.75 Å². The van der Waals surface area contributed by atoms with Crippen LogP contribution >= 0.6 is 0 Å². The van der Waals surface area contributed by atoms with Gasteiger partial charge in [0.15, 0.2) is 11.6 Å². The van der Waals surface area contributed by atoms with E-state index >= 15 is 0 Å². The van der Waals surface area contributed by atoms with Gasteiger partial charge in [0.2, 0.25) is 4.24 Å². The Morgan fingerprint density at radius 3 is 2.47 bits per heavy atom. The first-order chi connectivity index (χ1) is 15.8. The zero-order chi connectivity index (χ0) is 25.4. The number of nitrogens with two attached hydrogens (primary N) is 1. The molecule has 0 bridgehead atoms. The number of hydrogen-bond donors (Lipinski definition) is 4. The third kappa shape index (κ3) is 4.93. The molecule has 12 nitrogen and oxygen atoms in total. The number of benzene rings is 1. The normalized spacial score (nSPS) is 16.2. The van der Waals surface area contributed by atoms with E-state index in [1.807, 2.05) is 0 Å². The number of carbonyl (C=O) groups excluding carboxylic acids is 1. The first-order valence-electron chi connectivity index (χ1n) is 10.0. The van der Waals surface area contributed by atoms with Gasteiger partial charge in [0.1, 0.15) is 17.2 Å². The summed E-state index contributed by atoms with van der Waals surface area (Å²) in [6, 6.07) is 6.96. The Labute approximate surface area is 197 Å². The van der Waals surface area contributed by atoms with Gasteiger partial charge in [-0.2, -0.15) is 8.42 Å². The highest BCUT2D eigenvalue weighted by atomic mass is 32.3. The van der Waals surface area contributed by atoms with Gasteiger partial charge in [-0.05, 0) is 37.6 Å². The first-order valence-corrected chi connectivity index (χ1v) is 13.0. The Bertz CT molecular complexity index is 1410. The second-order valence-electron chi connectivity index (χ2n) is 7.70. The van der Waals surface area contributed by atoms with Crippen molar-refractivity contribution < 1.29 is 31.2 Å². The lowest BCUT2D eigenvalue weighted by molar-refractivity contribution is 0.0824. The minimum absolute atomic E-state index is 0.0564. The summed E-state index contributed by atoms with van der Waals surface area (Å²) < 4.78 is 57.8. The topological polar surface area (TPSA) is 184 Å². The fourth-order valence-corrected chi connectivity index (χ4v) is 5.91. The van der Waals surface area contributed by atoms with Gasteiger partial charge >= 0.3 is 0 Å². The van der Waals surface area contributed by atoms with Crippen molar-refractivity contribution in [3.05, 3.63) is 57.3 Å². The van der Waals surface area contributed by atoms with Gasteiger partial charge < -0.3 is 25.1 Å². The van der Waals surface area contributed by atoms with Gasteiger partial charge in [0, 0.05) is 14.1 Å². The molecule has 1 aliphatic heterocycles. The molecule has 0 fully saturated rings. The molecule has 1 aliphatic rings. The molecule has 0 aliphatic carbocycles. The lowest BCUT2D eigenvalue weighted by Gasteiger charge is -2.20. The molecule has 184 valence electrons. The maximum absolute atomic E-state index is 12.6. The molecule has 0 radical (unpaired) electrons. The molecule has 1 aromatic heterocycles. The van der Waals surface area contributed by atoms with Crippen LogP contribution in [0, 0.1) is 6.92 Å². The van der Waals surface area contributed by atoms with Crippen molar-refractivity contribution in [1.29, 1.82) is 0 Å². The third-order valence-electron chi connectivity index (χ3n) is 4.90. The molecule has 3 rings (SSSR count). The van der Waals surface area contributed by atoms with Gasteiger partial charge in [-0.1, -0.05) is 13.0 Å². The summed E-state index contributed by atoms with van der Waals surface area (Å²) in [5, 5.41) is 21.3. The molecule has 34 heavy (non-hydrogen) atoms. The van der Waals surface area contributed by atoms with Crippen LogP contribution in [0.3, 0.4) is 0 Å². The first kappa shape index (κ1) is 25.3. The molecule has 1 amide bonds. The lowest BCUT2D eigenvalue weighted by Crippen LogP contribution is -2.31. The maximum Gasteiger partial charge on any atom is 0.299 e. The average molecular weight is 512 g/mol. The summed E-state index contributed by atoms with van der Waals surface area (Å²) in [6.45, 7) is 3.51. The summed E-state index contributed by atoms with van der Waals surface area (Å²) in [6.07, 6.45) is 0.389. The summed E-state index contributed by atoms with van der Waals surface area (Å²) in [4.78, 5) is 13.6. The van der Waals surface area contributed by atoms with Crippen LogP contribution in [-0.4, -0.2) is 52.7 Å². The van der Waals surface area contributed by atoms with E-state index in [0.717, 1.165) is 0 Å². The molecule has 14 heteroatoms. The standard InChI is InChI=1S/C20H25N5O7S2/c1-5-13(15-10-9-11(2)32-15)22-16-18(24-34(30,31)20(16)33(21,28)29)23-14-8-6-7-12(17(14)26)19(27)25(3)4/h6-10,13,22,26H,5H2,1-4H3,(H,23,24)(H2,21,28,29)/t13-/m1/s1. The van der Waals surface area contributed by atoms with E-state index in [-0.39, 0.29) is 11.3 Å². The number of phenols is 1. The number of para-hydroxylation sites is 1. The number of amides is 1. The van der Waals surface area contributed by atoms with Crippen LogP contribution in [-0.2, 0) is 20.0 Å². The number of hydrogen-bond acceptors (Lipinski definition) is 9. The molecular formula is C20H25N5O7S2. The molecule has 1 atom stereocenters. The number of aryl methyl sites for hydroxylation is 1. The molecule has 0 saturated carbocycles. The molecule has 2 heterocycles. The van der Waals surface area contributed by atoms with E-state index in [1.54, 1.807) is 26.0 Å². The molecule has 2 aromatic rings. The van der Waals surface area contributed by atoms with Gasteiger partial charge in [-0.25, -0.2) is 13.6 Å². The van der Waals surface area contributed by atoms with E-state index in [1.165, 1.54) is 37.2 Å². The number of phenolic OH excluding ortho intramolecular Hbond substituents is 1. The Morgan fingerprint density at radius 2 is 1.94 bits per heavy atom. The molecular weight excluding hydrogens is 486 g/mol. The summed E-state index contributed by atoms with van der Waals surface area (Å²) in [7, 11) is -6.44. The number of furan rings is 1. The van der Waals surface area contributed by atoms with E-state index in [9.17, 15) is 26.7 Å². The highest BCUT2D eigenvalue weighted by molar-refractivity contribution is 8.13. The fourth-order valence-electron chi connectivity index (χ4n) is 3.31. The molecule has 0 spiro atoms. The third-order valence-corrected chi connectivity index (χ3v) is 8.05. The van der Waals surface area contributed by atoms with E-state index in [4.69, 9.17) is 9.56 Å². The Morgan fingerprint density at radius 1 is 1.26 bits per heavy atom. The van der Waals surface area contributed by atoms with Crippen molar-refractivity contribution in [2.45, 2.75) is 26.3 Å². The summed E-state index contributed by atoms with van der Waals surface area (Å²) in [5.41, 5.74) is -0.537. The number of nitrogens with zero attached hydrogens (tertiary/aromatic N) is 2. The number of sulfonamides is 2. The molecule has 0 saturated heterocycles. The number of amidine groups is 1. The second-order valence-corrected chi connectivity index (χ2v) is 11.0. The van der Waals surface area contributed by atoms with Gasteiger partial charge in [-0.15, -0.1) is 4.40 Å². The van der Waals surface area contributed by atoms with Crippen LogP contribution in [0.4, 0.5) is 5.69 Å². The highest BCUT2D eigenvalue weighted by Crippen LogP contribution is 2.33. The Kier molecular flexibility index (Phi) is 6.78. The number of nitrogens with one attached hydrogen (secondary N) is 2. The molecule has 1 aromatic carbocycles. The van der Waals surface area contributed by atoms with E-state index in [0.29, 0.717) is 17.9 Å². The SMILES string of the molecule is CC[C@@H](NC1=C(S(N)(=O)=O)S(=O)(=O)N=C1Nc1cccc(C(=O)N(C)C)c1O)c1ccc(C)o1. The van der Waals surface area contributed by atoms with Gasteiger partial charge in [0.25, 0.3) is 26.0 Å². The Hall–Kier alpha value is -3.36. The van der Waals surface area contributed by atoms with Crippen molar-refractivity contribution in [1.82, 2.24) is 10.2 Å². The van der Waals surface area contributed by atoms with Gasteiger partial charge in [0.05, 0.1) is 17.3 Å². The van der Waals surface area contributed by atoms with Crippen LogP contribution in [0.2, 0.25) is 0 Å².